The van der Waals surface area contributed by atoms with Gasteiger partial charge in [-0.1, -0.05) is 13.8 Å². The molecule has 116 valence electrons. The number of hydrogen-bond acceptors (Lipinski definition) is 5. The smallest absolute Gasteiger partial charge is 0.226 e. The molecule has 0 radical (unpaired) electrons. The van der Waals surface area contributed by atoms with E-state index in [2.05, 4.69) is 14.9 Å². The van der Waals surface area contributed by atoms with Crippen LogP contribution in [0.5, 0.6) is 0 Å². The Balaban J connectivity index is 2.06. The van der Waals surface area contributed by atoms with Gasteiger partial charge < -0.3 is 14.7 Å². The molecule has 1 aromatic rings. The van der Waals surface area contributed by atoms with Crippen molar-refractivity contribution >= 4 is 17.7 Å². The normalized spacial score (nSPS) is 16.0. The molecule has 0 aliphatic carbocycles. The molecule has 1 amide bonds. The molecular weight excluding hydrogens is 266 g/mol. The summed E-state index contributed by atoms with van der Waals surface area (Å²) in [5.74, 6) is 1.96. The first-order valence-electron chi connectivity index (χ1n) is 7.53. The van der Waals surface area contributed by atoms with Crippen molar-refractivity contribution in [2.75, 3.05) is 50.1 Å². The predicted octanol–water partition coefficient (Wildman–Crippen LogP) is 1.24. The second-order valence-corrected chi connectivity index (χ2v) is 5.93. The van der Waals surface area contributed by atoms with Crippen molar-refractivity contribution in [3.8, 4) is 0 Å². The quantitative estimate of drug-likeness (QED) is 0.838. The maximum Gasteiger partial charge on any atom is 0.226 e. The molecule has 0 unspecified atom stereocenters. The lowest BCUT2D eigenvalue weighted by molar-refractivity contribution is -0.134. The van der Waals surface area contributed by atoms with Crippen LogP contribution in [0.15, 0.2) is 12.3 Å². The highest BCUT2D eigenvalue weighted by Crippen LogP contribution is 2.16. The first kappa shape index (κ1) is 15.5. The highest BCUT2D eigenvalue weighted by atomic mass is 16.2. The van der Waals surface area contributed by atoms with E-state index in [1.165, 1.54) is 0 Å². The van der Waals surface area contributed by atoms with Crippen LogP contribution in [0.2, 0.25) is 0 Å². The van der Waals surface area contributed by atoms with Gasteiger partial charge in [-0.2, -0.15) is 4.98 Å². The van der Waals surface area contributed by atoms with E-state index in [1.807, 2.05) is 43.8 Å². The molecule has 1 saturated heterocycles. The molecule has 2 heterocycles. The van der Waals surface area contributed by atoms with E-state index in [1.54, 1.807) is 6.20 Å². The number of hydrogen-bond donors (Lipinski definition) is 0. The molecule has 21 heavy (non-hydrogen) atoms. The predicted molar refractivity (Wildman–Crippen MR) is 84.6 cm³/mol. The fourth-order valence-corrected chi connectivity index (χ4v) is 2.46. The van der Waals surface area contributed by atoms with Crippen LogP contribution in [-0.2, 0) is 4.79 Å². The van der Waals surface area contributed by atoms with Gasteiger partial charge in [0.2, 0.25) is 11.9 Å². The third-order valence-electron chi connectivity index (χ3n) is 3.65. The van der Waals surface area contributed by atoms with Crippen LogP contribution < -0.4 is 9.80 Å². The van der Waals surface area contributed by atoms with E-state index in [0.29, 0.717) is 5.95 Å². The largest absolute Gasteiger partial charge is 0.355 e. The van der Waals surface area contributed by atoms with Gasteiger partial charge in [-0.25, -0.2) is 4.98 Å². The Labute approximate surface area is 126 Å². The Bertz CT molecular complexity index is 489. The lowest BCUT2D eigenvalue weighted by Gasteiger charge is -2.24. The maximum atomic E-state index is 12.1. The van der Waals surface area contributed by atoms with Crippen molar-refractivity contribution in [2.24, 2.45) is 5.92 Å². The van der Waals surface area contributed by atoms with Gasteiger partial charge in [0.25, 0.3) is 0 Å². The minimum atomic E-state index is 0.0657. The second-order valence-electron chi connectivity index (χ2n) is 5.93. The number of carbonyl (C=O) groups is 1. The zero-order chi connectivity index (χ0) is 15.4. The van der Waals surface area contributed by atoms with Crippen LogP contribution in [-0.4, -0.2) is 61.0 Å². The molecule has 0 saturated carbocycles. The fraction of sp³-hybridized carbons (Fsp3) is 0.667. The second kappa shape index (κ2) is 6.74. The molecule has 1 aliphatic rings. The van der Waals surface area contributed by atoms with Gasteiger partial charge in [-0.05, 0) is 12.5 Å². The van der Waals surface area contributed by atoms with Crippen molar-refractivity contribution in [3.05, 3.63) is 12.3 Å². The first-order chi connectivity index (χ1) is 9.99. The Morgan fingerprint density at radius 1 is 1.24 bits per heavy atom. The van der Waals surface area contributed by atoms with Crippen LogP contribution in [0.25, 0.3) is 0 Å². The lowest BCUT2D eigenvalue weighted by Crippen LogP contribution is -2.37. The Hall–Kier alpha value is -1.85. The van der Waals surface area contributed by atoms with Gasteiger partial charge >= 0.3 is 0 Å². The van der Waals surface area contributed by atoms with Gasteiger partial charge in [0.05, 0.1) is 0 Å². The first-order valence-corrected chi connectivity index (χ1v) is 7.53. The summed E-state index contributed by atoms with van der Waals surface area (Å²) in [6, 6.07) is 1.94. The van der Waals surface area contributed by atoms with Crippen LogP contribution in [0.1, 0.15) is 20.3 Å². The van der Waals surface area contributed by atoms with Crippen LogP contribution >= 0.6 is 0 Å². The average Bonchev–Trinajstić information content (AvgIpc) is 2.72. The highest BCUT2D eigenvalue weighted by molar-refractivity contribution is 5.78. The van der Waals surface area contributed by atoms with Crippen molar-refractivity contribution in [1.29, 1.82) is 0 Å². The number of amides is 1. The van der Waals surface area contributed by atoms with Crippen molar-refractivity contribution in [2.45, 2.75) is 20.3 Å². The molecule has 1 aliphatic heterocycles. The molecule has 0 spiro atoms. The Morgan fingerprint density at radius 3 is 2.67 bits per heavy atom. The van der Waals surface area contributed by atoms with Crippen LogP contribution in [0.3, 0.4) is 0 Å². The molecule has 1 aromatic heterocycles. The lowest BCUT2D eigenvalue weighted by atomic mass is 10.2. The number of carbonyl (C=O) groups excluding carboxylic acids is 1. The van der Waals surface area contributed by atoms with E-state index < -0.39 is 0 Å². The third kappa shape index (κ3) is 3.83. The van der Waals surface area contributed by atoms with Crippen LogP contribution in [0.4, 0.5) is 11.8 Å². The fourth-order valence-electron chi connectivity index (χ4n) is 2.46. The molecule has 0 aromatic carbocycles. The molecule has 0 bridgehead atoms. The van der Waals surface area contributed by atoms with E-state index in [0.717, 1.165) is 38.4 Å². The SMILES string of the molecule is CC(C)C(=O)N1CCCN(c2ccnc(N(C)C)n2)CC1. The Kier molecular flexibility index (Phi) is 4.98. The number of anilines is 2. The topological polar surface area (TPSA) is 52.6 Å². The van der Waals surface area contributed by atoms with Gasteiger partial charge in [-0.3, -0.25) is 4.79 Å². The van der Waals surface area contributed by atoms with E-state index in [9.17, 15) is 4.79 Å². The van der Waals surface area contributed by atoms with Crippen molar-refractivity contribution < 1.29 is 4.79 Å². The average molecular weight is 291 g/mol. The molecule has 6 heteroatoms. The van der Waals surface area contributed by atoms with Gasteiger partial charge in [0.15, 0.2) is 0 Å². The van der Waals surface area contributed by atoms with E-state index in [-0.39, 0.29) is 11.8 Å². The maximum absolute atomic E-state index is 12.1. The number of rotatable bonds is 3. The Morgan fingerprint density at radius 2 is 2.00 bits per heavy atom. The van der Waals surface area contributed by atoms with Crippen molar-refractivity contribution in [1.82, 2.24) is 14.9 Å². The molecule has 6 nitrogen and oxygen atoms in total. The summed E-state index contributed by atoms with van der Waals surface area (Å²) in [7, 11) is 3.87. The minimum absolute atomic E-state index is 0.0657. The number of aromatic nitrogens is 2. The third-order valence-corrected chi connectivity index (χ3v) is 3.65. The molecular formula is C15H25N5O. The van der Waals surface area contributed by atoms with Gasteiger partial charge in [-0.15, -0.1) is 0 Å². The standard InChI is InChI=1S/C15H25N5O/c1-12(2)14(21)20-9-5-8-19(10-11-20)13-6-7-16-15(17-13)18(3)4/h6-7,12H,5,8-11H2,1-4H3. The molecule has 0 N–H and O–H groups in total. The summed E-state index contributed by atoms with van der Waals surface area (Å²) in [5, 5.41) is 0. The summed E-state index contributed by atoms with van der Waals surface area (Å²) in [4.78, 5) is 27.0. The molecule has 0 atom stereocenters. The van der Waals surface area contributed by atoms with E-state index in [4.69, 9.17) is 0 Å². The van der Waals surface area contributed by atoms with Crippen molar-refractivity contribution in [3.63, 3.8) is 0 Å². The summed E-state index contributed by atoms with van der Waals surface area (Å²) < 4.78 is 0. The zero-order valence-corrected chi connectivity index (χ0v) is 13.4. The summed E-state index contributed by atoms with van der Waals surface area (Å²) in [6.07, 6.45) is 2.76. The number of nitrogens with zero attached hydrogens (tertiary/aromatic N) is 5. The zero-order valence-electron chi connectivity index (χ0n) is 13.4. The van der Waals surface area contributed by atoms with Gasteiger partial charge in [0, 0.05) is 52.4 Å². The van der Waals surface area contributed by atoms with E-state index >= 15 is 0 Å². The summed E-state index contributed by atoms with van der Waals surface area (Å²) in [5.41, 5.74) is 0. The highest BCUT2D eigenvalue weighted by Gasteiger charge is 2.21. The summed E-state index contributed by atoms with van der Waals surface area (Å²) in [6.45, 7) is 7.25. The van der Waals surface area contributed by atoms with Gasteiger partial charge in [0.1, 0.15) is 5.82 Å². The minimum Gasteiger partial charge on any atom is -0.355 e. The molecule has 2 rings (SSSR count). The molecule has 1 fully saturated rings. The van der Waals surface area contributed by atoms with Crippen LogP contribution in [0, 0.1) is 5.92 Å². The monoisotopic (exact) mass is 291 g/mol. The summed E-state index contributed by atoms with van der Waals surface area (Å²) >= 11 is 0.